The topological polar surface area (TPSA) is 62.5 Å². The van der Waals surface area contributed by atoms with Crippen LogP contribution in [0.4, 0.5) is 0 Å². The van der Waals surface area contributed by atoms with Gasteiger partial charge in [-0.2, -0.15) is 0 Å². The molecular weight excluding hydrogens is 218 g/mol. The highest BCUT2D eigenvalue weighted by Gasteiger charge is 2.37. The van der Waals surface area contributed by atoms with Crippen molar-refractivity contribution in [3.8, 4) is 0 Å². The predicted molar refractivity (Wildman–Crippen MR) is 64.0 cm³/mol. The van der Waals surface area contributed by atoms with E-state index in [1.54, 1.807) is 6.07 Å². The number of aromatic carboxylic acids is 1. The minimum atomic E-state index is -1.02. The normalized spacial score (nSPS) is 24.6. The van der Waals surface area contributed by atoms with Gasteiger partial charge in [-0.15, -0.1) is 0 Å². The van der Waals surface area contributed by atoms with Crippen molar-refractivity contribution in [1.29, 1.82) is 0 Å². The first-order valence-corrected chi connectivity index (χ1v) is 6.21. The van der Waals surface area contributed by atoms with Gasteiger partial charge in [0.1, 0.15) is 5.76 Å². The predicted octanol–water partition coefficient (Wildman–Crippen LogP) is 2.82. The molecule has 1 aliphatic carbocycles. The largest absolute Gasteiger partial charge is 0.475 e. The molecule has 3 atom stereocenters. The highest BCUT2D eigenvalue weighted by atomic mass is 16.4. The van der Waals surface area contributed by atoms with Gasteiger partial charge in [0.2, 0.25) is 5.76 Å². The fraction of sp³-hybridized carbons (Fsp3) is 0.615. The van der Waals surface area contributed by atoms with E-state index >= 15 is 0 Å². The molecule has 2 rings (SSSR count). The van der Waals surface area contributed by atoms with Crippen molar-refractivity contribution in [3.63, 3.8) is 0 Å². The van der Waals surface area contributed by atoms with Crippen molar-refractivity contribution in [1.82, 2.24) is 5.32 Å². The molecule has 2 N–H and O–H groups in total. The number of carboxylic acids is 1. The smallest absolute Gasteiger partial charge is 0.371 e. The van der Waals surface area contributed by atoms with E-state index in [2.05, 4.69) is 12.2 Å². The van der Waals surface area contributed by atoms with Crippen LogP contribution in [0.2, 0.25) is 0 Å². The van der Waals surface area contributed by atoms with Gasteiger partial charge in [-0.3, -0.25) is 0 Å². The lowest BCUT2D eigenvalue weighted by Crippen LogP contribution is -2.22. The molecule has 1 aliphatic rings. The molecule has 0 aliphatic heterocycles. The van der Waals surface area contributed by atoms with E-state index in [0.29, 0.717) is 11.8 Å². The molecule has 1 fully saturated rings. The van der Waals surface area contributed by atoms with Crippen LogP contribution in [0, 0.1) is 5.92 Å². The van der Waals surface area contributed by atoms with Crippen LogP contribution >= 0.6 is 0 Å². The molecule has 0 amide bonds. The number of rotatable bonds is 6. The van der Waals surface area contributed by atoms with Crippen LogP contribution in [0.3, 0.4) is 0 Å². The molecule has 0 radical (unpaired) electrons. The van der Waals surface area contributed by atoms with Crippen LogP contribution in [-0.2, 0) is 0 Å². The molecular formula is C13H19NO3. The zero-order chi connectivity index (χ0) is 12.4. The Bertz CT molecular complexity index is 399. The molecule has 17 heavy (non-hydrogen) atoms. The van der Waals surface area contributed by atoms with Crippen molar-refractivity contribution in [2.24, 2.45) is 5.92 Å². The number of hydrogen-bond acceptors (Lipinski definition) is 3. The minimum Gasteiger partial charge on any atom is -0.475 e. The molecule has 1 aromatic heterocycles. The third kappa shape index (κ3) is 2.88. The highest BCUT2D eigenvalue weighted by molar-refractivity contribution is 5.84. The lowest BCUT2D eigenvalue weighted by Gasteiger charge is -2.10. The third-order valence-corrected chi connectivity index (χ3v) is 3.31. The Hall–Kier alpha value is -1.29. The van der Waals surface area contributed by atoms with Crippen LogP contribution in [0.1, 0.15) is 55.5 Å². The SMILES string of the molecule is CCCC1CC1NC(C)c1ccc(C(=O)O)o1. The van der Waals surface area contributed by atoms with E-state index in [4.69, 9.17) is 9.52 Å². The van der Waals surface area contributed by atoms with Crippen molar-refractivity contribution in [2.45, 2.75) is 45.2 Å². The molecule has 0 spiro atoms. The lowest BCUT2D eigenvalue weighted by molar-refractivity contribution is 0.0659. The standard InChI is InChI=1S/C13H19NO3/c1-3-4-9-7-10(9)14-8(2)11-5-6-12(17-11)13(15)16/h5-6,8-10,14H,3-4,7H2,1-2H3,(H,15,16). The van der Waals surface area contributed by atoms with Gasteiger partial charge in [0.25, 0.3) is 0 Å². The summed E-state index contributed by atoms with van der Waals surface area (Å²) in [7, 11) is 0. The summed E-state index contributed by atoms with van der Waals surface area (Å²) in [5.74, 6) is 0.481. The second-order valence-corrected chi connectivity index (χ2v) is 4.79. The van der Waals surface area contributed by atoms with Gasteiger partial charge in [0.15, 0.2) is 0 Å². The summed E-state index contributed by atoms with van der Waals surface area (Å²) < 4.78 is 5.27. The van der Waals surface area contributed by atoms with Crippen molar-refractivity contribution in [2.75, 3.05) is 0 Å². The van der Waals surface area contributed by atoms with Crippen LogP contribution in [-0.4, -0.2) is 17.1 Å². The second-order valence-electron chi connectivity index (χ2n) is 4.79. The summed E-state index contributed by atoms with van der Waals surface area (Å²) in [6.45, 7) is 4.20. The van der Waals surface area contributed by atoms with E-state index in [1.807, 2.05) is 6.92 Å². The van der Waals surface area contributed by atoms with E-state index < -0.39 is 5.97 Å². The van der Waals surface area contributed by atoms with Crippen LogP contribution in [0.25, 0.3) is 0 Å². The zero-order valence-corrected chi connectivity index (χ0v) is 10.3. The van der Waals surface area contributed by atoms with Gasteiger partial charge in [-0.1, -0.05) is 13.3 Å². The Kier molecular flexibility index (Phi) is 3.52. The van der Waals surface area contributed by atoms with E-state index in [-0.39, 0.29) is 11.8 Å². The number of furan rings is 1. The van der Waals surface area contributed by atoms with Gasteiger partial charge in [-0.05, 0) is 37.8 Å². The van der Waals surface area contributed by atoms with Crippen LogP contribution in [0.15, 0.2) is 16.5 Å². The van der Waals surface area contributed by atoms with Gasteiger partial charge < -0.3 is 14.8 Å². The van der Waals surface area contributed by atoms with E-state index in [1.165, 1.54) is 25.3 Å². The zero-order valence-electron chi connectivity index (χ0n) is 10.3. The monoisotopic (exact) mass is 237 g/mol. The van der Waals surface area contributed by atoms with Gasteiger partial charge >= 0.3 is 5.97 Å². The number of nitrogens with one attached hydrogen (secondary N) is 1. The number of hydrogen-bond donors (Lipinski definition) is 2. The van der Waals surface area contributed by atoms with Crippen LogP contribution < -0.4 is 5.32 Å². The third-order valence-electron chi connectivity index (χ3n) is 3.31. The summed E-state index contributed by atoms with van der Waals surface area (Å²) >= 11 is 0. The highest BCUT2D eigenvalue weighted by Crippen LogP contribution is 2.36. The Morgan fingerprint density at radius 2 is 2.41 bits per heavy atom. The molecule has 4 nitrogen and oxygen atoms in total. The van der Waals surface area contributed by atoms with Crippen LogP contribution in [0.5, 0.6) is 0 Å². The molecule has 0 bridgehead atoms. The molecule has 94 valence electrons. The average Bonchev–Trinajstić information content (AvgIpc) is 2.83. The molecule has 1 saturated carbocycles. The first-order chi connectivity index (χ1) is 8.11. The lowest BCUT2D eigenvalue weighted by atomic mass is 10.2. The summed E-state index contributed by atoms with van der Waals surface area (Å²) in [6.07, 6.45) is 3.72. The summed E-state index contributed by atoms with van der Waals surface area (Å²) in [5.41, 5.74) is 0. The minimum absolute atomic E-state index is 0.00885. The van der Waals surface area contributed by atoms with Gasteiger partial charge in [-0.25, -0.2) is 4.79 Å². The average molecular weight is 237 g/mol. The maximum atomic E-state index is 10.7. The Balaban J connectivity index is 1.87. The Labute approximate surface area is 101 Å². The summed E-state index contributed by atoms with van der Waals surface area (Å²) in [4.78, 5) is 10.7. The first-order valence-electron chi connectivity index (χ1n) is 6.21. The molecule has 1 heterocycles. The number of carboxylic acid groups (broad SMARTS) is 1. The second kappa shape index (κ2) is 4.92. The van der Waals surface area contributed by atoms with Crippen molar-refractivity contribution in [3.05, 3.63) is 23.7 Å². The quantitative estimate of drug-likeness (QED) is 0.798. The maximum absolute atomic E-state index is 10.7. The fourth-order valence-corrected chi connectivity index (χ4v) is 2.25. The Morgan fingerprint density at radius 1 is 1.65 bits per heavy atom. The van der Waals surface area contributed by atoms with Crippen molar-refractivity contribution < 1.29 is 14.3 Å². The fourth-order valence-electron chi connectivity index (χ4n) is 2.25. The first kappa shape index (κ1) is 12.2. The molecule has 0 saturated heterocycles. The number of carbonyl (C=O) groups is 1. The molecule has 0 aromatic carbocycles. The summed E-state index contributed by atoms with van der Waals surface area (Å²) in [5, 5.41) is 12.2. The maximum Gasteiger partial charge on any atom is 0.371 e. The molecule has 4 heteroatoms. The van der Waals surface area contributed by atoms with E-state index in [9.17, 15) is 4.79 Å². The summed E-state index contributed by atoms with van der Waals surface area (Å²) in [6, 6.07) is 3.89. The van der Waals surface area contributed by atoms with Gasteiger partial charge in [0, 0.05) is 6.04 Å². The van der Waals surface area contributed by atoms with E-state index in [0.717, 1.165) is 5.92 Å². The Morgan fingerprint density at radius 3 is 3.00 bits per heavy atom. The van der Waals surface area contributed by atoms with Crippen molar-refractivity contribution >= 4 is 5.97 Å². The molecule has 1 aromatic rings. The van der Waals surface area contributed by atoms with Gasteiger partial charge in [0.05, 0.1) is 6.04 Å². The molecule has 3 unspecified atom stereocenters.